The number of halogens is 1. The van der Waals surface area contributed by atoms with E-state index in [0.717, 1.165) is 12.0 Å². The second-order valence-corrected chi connectivity index (χ2v) is 7.72. The van der Waals surface area contributed by atoms with Gasteiger partial charge in [0.25, 0.3) is 5.91 Å². The minimum Gasteiger partial charge on any atom is -0.399 e. The van der Waals surface area contributed by atoms with Crippen LogP contribution < -0.4 is 15.8 Å². The summed E-state index contributed by atoms with van der Waals surface area (Å²) >= 11 is 0. The molecule has 4 N–H and O–H groups in total. The van der Waals surface area contributed by atoms with Gasteiger partial charge in [0, 0.05) is 22.6 Å². The fourth-order valence-electron chi connectivity index (χ4n) is 2.27. The molecular weight excluding hydrogens is 374 g/mol. The molecular formula is C18H24ClN3O3S. The van der Waals surface area contributed by atoms with Crippen LogP contribution in [0.15, 0.2) is 42.5 Å². The molecule has 0 aliphatic heterocycles. The van der Waals surface area contributed by atoms with Crippen molar-refractivity contribution in [3.63, 3.8) is 0 Å². The summed E-state index contributed by atoms with van der Waals surface area (Å²) in [6.45, 7) is 3.78. The molecule has 6 nitrogen and oxygen atoms in total. The molecule has 0 radical (unpaired) electrons. The van der Waals surface area contributed by atoms with Crippen LogP contribution in [0.4, 0.5) is 17.1 Å². The molecule has 2 aromatic carbocycles. The van der Waals surface area contributed by atoms with E-state index in [9.17, 15) is 13.2 Å². The molecule has 0 heterocycles. The lowest BCUT2D eigenvalue weighted by Crippen LogP contribution is -2.17. The summed E-state index contributed by atoms with van der Waals surface area (Å²) in [6.07, 6.45) is 1.43. The van der Waals surface area contributed by atoms with E-state index in [2.05, 4.69) is 10.0 Å². The summed E-state index contributed by atoms with van der Waals surface area (Å²) < 4.78 is 26.3. The van der Waals surface area contributed by atoms with Crippen molar-refractivity contribution in [2.75, 3.05) is 21.5 Å². The highest BCUT2D eigenvalue weighted by Gasteiger charge is 2.11. The van der Waals surface area contributed by atoms with E-state index in [0.29, 0.717) is 29.0 Å². The van der Waals surface area contributed by atoms with Gasteiger partial charge in [0.2, 0.25) is 10.0 Å². The van der Waals surface area contributed by atoms with E-state index in [1.165, 1.54) is 0 Å². The standard InChI is InChI=1S/C18H23N3O3S.ClH/c1-3-4-11-25(23,24)21-16-9-7-15(8-10-16)20-18(22)17-12-14(19)6-5-13(17)2;/h5-10,12,21H,3-4,11,19H2,1-2H3,(H,20,22);1H. The van der Waals surface area contributed by atoms with Gasteiger partial charge in [-0.2, -0.15) is 0 Å². The van der Waals surface area contributed by atoms with Crippen LogP contribution in [-0.2, 0) is 10.0 Å². The molecule has 1 amide bonds. The summed E-state index contributed by atoms with van der Waals surface area (Å²) in [5.41, 5.74) is 8.62. The van der Waals surface area contributed by atoms with Gasteiger partial charge in [-0.3, -0.25) is 9.52 Å². The molecule has 0 saturated heterocycles. The highest BCUT2D eigenvalue weighted by atomic mass is 35.5. The molecule has 2 aromatic rings. The average molecular weight is 398 g/mol. The molecule has 0 fully saturated rings. The summed E-state index contributed by atoms with van der Waals surface area (Å²) in [7, 11) is -3.34. The average Bonchev–Trinajstić information content (AvgIpc) is 2.56. The van der Waals surface area contributed by atoms with E-state index in [1.807, 2.05) is 13.8 Å². The fourth-order valence-corrected chi connectivity index (χ4v) is 3.54. The lowest BCUT2D eigenvalue weighted by molar-refractivity contribution is 0.102. The minimum atomic E-state index is -3.34. The van der Waals surface area contributed by atoms with Crippen molar-refractivity contribution < 1.29 is 13.2 Å². The largest absolute Gasteiger partial charge is 0.399 e. The Balaban J connectivity index is 0.00000338. The molecule has 0 saturated carbocycles. The minimum absolute atomic E-state index is 0. The van der Waals surface area contributed by atoms with Crippen LogP contribution in [0.1, 0.15) is 35.7 Å². The first-order valence-corrected chi connectivity index (χ1v) is 9.74. The SMILES string of the molecule is CCCCS(=O)(=O)Nc1ccc(NC(=O)c2cc(N)ccc2C)cc1.Cl. The molecule has 8 heteroatoms. The Bertz CT molecular complexity index is 852. The van der Waals surface area contributed by atoms with E-state index < -0.39 is 10.0 Å². The number of aryl methyl sites for hydroxylation is 1. The van der Waals surface area contributed by atoms with Crippen LogP contribution in [0.2, 0.25) is 0 Å². The van der Waals surface area contributed by atoms with E-state index in [4.69, 9.17) is 5.73 Å². The second-order valence-electron chi connectivity index (χ2n) is 5.88. The van der Waals surface area contributed by atoms with Crippen LogP contribution >= 0.6 is 12.4 Å². The molecule has 0 atom stereocenters. The molecule has 0 aliphatic carbocycles. The quantitative estimate of drug-likeness (QED) is 0.618. The Labute approximate surface area is 160 Å². The van der Waals surface area contributed by atoms with Crippen LogP contribution in [0.3, 0.4) is 0 Å². The van der Waals surface area contributed by atoms with Crippen molar-refractivity contribution in [2.24, 2.45) is 0 Å². The van der Waals surface area contributed by atoms with Gasteiger partial charge in [-0.25, -0.2) is 8.42 Å². The van der Waals surface area contributed by atoms with E-state index >= 15 is 0 Å². The predicted octanol–water partition coefficient (Wildman–Crippen LogP) is 3.79. The number of nitrogens with two attached hydrogens (primary N) is 1. The molecule has 142 valence electrons. The molecule has 0 spiro atoms. The smallest absolute Gasteiger partial charge is 0.256 e. The summed E-state index contributed by atoms with van der Waals surface area (Å²) in [5.74, 6) is -0.169. The number of carbonyl (C=O) groups excluding carboxylic acids is 1. The Kier molecular flexibility index (Phi) is 7.92. The molecule has 0 bridgehead atoms. The van der Waals surface area contributed by atoms with Gasteiger partial charge < -0.3 is 11.1 Å². The van der Waals surface area contributed by atoms with Crippen LogP contribution in [0.25, 0.3) is 0 Å². The first-order chi connectivity index (χ1) is 11.8. The number of unbranched alkanes of at least 4 members (excludes halogenated alkanes) is 1. The van der Waals surface area contributed by atoms with Crippen LogP contribution in [0.5, 0.6) is 0 Å². The zero-order valence-electron chi connectivity index (χ0n) is 14.8. The number of rotatable bonds is 7. The van der Waals surface area contributed by atoms with Crippen molar-refractivity contribution >= 4 is 45.4 Å². The third-order valence-electron chi connectivity index (χ3n) is 3.69. The van der Waals surface area contributed by atoms with Crippen molar-refractivity contribution in [3.8, 4) is 0 Å². The van der Waals surface area contributed by atoms with Gasteiger partial charge >= 0.3 is 0 Å². The maximum Gasteiger partial charge on any atom is 0.256 e. The lowest BCUT2D eigenvalue weighted by Gasteiger charge is -2.10. The van der Waals surface area contributed by atoms with Crippen molar-refractivity contribution in [1.82, 2.24) is 0 Å². The number of nitrogen functional groups attached to an aromatic ring is 1. The summed E-state index contributed by atoms with van der Waals surface area (Å²) in [4.78, 5) is 12.3. The van der Waals surface area contributed by atoms with Gasteiger partial charge in [0.05, 0.1) is 5.75 Å². The van der Waals surface area contributed by atoms with E-state index in [-0.39, 0.29) is 24.1 Å². The third-order valence-corrected chi connectivity index (χ3v) is 5.06. The normalized spacial score (nSPS) is 10.7. The molecule has 2 rings (SSSR count). The van der Waals surface area contributed by atoms with Gasteiger partial charge in [-0.1, -0.05) is 19.4 Å². The number of amides is 1. The number of nitrogens with one attached hydrogen (secondary N) is 2. The number of hydrogen-bond acceptors (Lipinski definition) is 4. The second kappa shape index (κ2) is 9.45. The van der Waals surface area contributed by atoms with Crippen molar-refractivity contribution in [2.45, 2.75) is 26.7 Å². The Hall–Kier alpha value is -2.25. The van der Waals surface area contributed by atoms with Gasteiger partial charge in [0.1, 0.15) is 0 Å². The topological polar surface area (TPSA) is 101 Å². The molecule has 26 heavy (non-hydrogen) atoms. The zero-order valence-corrected chi connectivity index (χ0v) is 16.4. The van der Waals surface area contributed by atoms with Gasteiger partial charge in [0.15, 0.2) is 0 Å². The van der Waals surface area contributed by atoms with E-state index in [1.54, 1.807) is 42.5 Å². The van der Waals surface area contributed by atoms with Gasteiger partial charge in [-0.15, -0.1) is 12.4 Å². The third kappa shape index (κ3) is 6.24. The summed E-state index contributed by atoms with van der Waals surface area (Å²) in [6, 6.07) is 11.7. The highest BCUT2D eigenvalue weighted by molar-refractivity contribution is 7.92. The Morgan fingerprint density at radius 3 is 2.31 bits per heavy atom. The van der Waals surface area contributed by atoms with Crippen LogP contribution in [0, 0.1) is 6.92 Å². The number of sulfonamides is 1. The summed E-state index contributed by atoms with van der Waals surface area (Å²) in [5, 5.41) is 2.78. The number of carbonyl (C=O) groups is 1. The number of benzene rings is 2. The lowest BCUT2D eigenvalue weighted by atomic mass is 10.1. The molecule has 0 aromatic heterocycles. The first-order valence-electron chi connectivity index (χ1n) is 8.09. The van der Waals surface area contributed by atoms with Crippen LogP contribution in [-0.4, -0.2) is 20.1 Å². The number of hydrogen-bond donors (Lipinski definition) is 3. The predicted molar refractivity (Wildman–Crippen MR) is 110 cm³/mol. The number of anilines is 3. The maximum atomic E-state index is 12.3. The zero-order chi connectivity index (χ0) is 18.4. The molecule has 0 aliphatic rings. The monoisotopic (exact) mass is 397 g/mol. The fraction of sp³-hybridized carbons (Fsp3) is 0.278. The maximum absolute atomic E-state index is 12.3. The van der Waals surface area contributed by atoms with Crippen molar-refractivity contribution in [3.05, 3.63) is 53.6 Å². The first kappa shape index (κ1) is 21.8. The van der Waals surface area contributed by atoms with Gasteiger partial charge in [-0.05, 0) is 55.3 Å². The Morgan fingerprint density at radius 2 is 1.69 bits per heavy atom. The molecule has 0 unspecified atom stereocenters. The Morgan fingerprint density at radius 1 is 1.08 bits per heavy atom. The van der Waals surface area contributed by atoms with Crippen molar-refractivity contribution in [1.29, 1.82) is 0 Å². The highest BCUT2D eigenvalue weighted by Crippen LogP contribution is 2.18.